The van der Waals surface area contributed by atoms with Crippen LogP contribution in [0, 0.1) is 12.7 Å². The molecule has 20 heavy (non-hydrogen) atoms. The topological polar surface area (TPSA) is 69.6 Å². The molecule has 0 saturated carbocycles. The maximum absolute atomic E-state index is 13.2. The van der Waals surface area contributed by atoms with Gasteiger partial charge in [-0.2, -0.15) is 0 Å². The predicted octanol–water partition coefficient (Wildman–Crippen LogP) is 1.30. The van der Waals surface area contributed by atoms with Crippen LogP contribution in [0.1, 0.15) is 18.9 Å². The summed E-state index contributed by atoms with van der Waals surface area (Å²) < 4.78 is 13.2. The highest BCUT2D eigenvalue weighted by Crippen LogP contribution is 2.13. The van der Waals surface area contributed by atoms with Crippen LogP contribution in [-0.4, -0.2) is 41.5 Å². The van der Waals surface area contributed by atoms with Crippen molar-refractivity contribution in [3.63, 3.8) is 0 Å². The summed E-state index contributed by atoms with van der Waals surface area (Å²) in [5, 5.41) is 11.5. The van der Waals surface area contributed by atoms with Gasteiger partial charge in [0, 0.05) is 19.3 Å². The third-order valence-corrected chi connectivity index (χ3v) is 2.72. The van der Waals surface area contributed by atoms with Crippen LogP contribution in [0.5, 0.6) is 0 Å². The summed E-state index contributed by atoms with van der Waals surface area (Å²) >= 11 is 0. The quantitative estimate of drug-likeness (QED) is 0.818. The summed E-state index contributed by atoms with van der Waals surface area (Å²) in [6, 6.07) is 4.05. The maximum atomic E-state index is 13.2. The highest BCUT2D eigenvalue weighted by molar-refractivity contribution is 6.39. The van der Waals surface area contributed by atoms with Crippen molar-refractivity contribution in [2.24, 2.45) is 0 Å². The van der Waals surface area contributed by atoms with Crippen molar-refractivity contribution in [2.45, 2.75) is 26.4 Å². The van der Waals surface area contributed by atoms with Crippen molar-refractivity contribution >= 4 is 17.5 Å². The number of aliphatic hydroxyl groups excluding tert-OH is 1. The minimum atomic E-state index is -0.830. The van der Waals surface area contributed by atoms with Crippen molar-refractivity contribution in [1.29, 1.82) is 0 Å². The smallest absolute Gasteiger partial charge is 0.313 e. The predicted molar refractivity (Wildman–Crippen MR) is 73.7 cm³/mol. The number of aliphatic hydroxyl groups is 1. The number of rotatable bonds is 4. The van der Waals surface area contributed by atoms with Crippen LogP contribution in [0.3, 0.4) is 0 Å². The van der Waals surface area contributed by atoms with Crippen LogP contribution in [-0.2, 0) is 9.59 Å². The van der Waals surface area contributed by atoms with E-state index >= 15 is 0 Å². The van der Waals surface area contributed by atoms with E-state index in [-0.39, 0.29) is 12.2 Å². The molecule has 1 unspecified atom stereocenters. The summed E-state index contributed by atoms with van der Waals surface area (Å²) in [6.07, 6.45) is -0.159. The number of likely N-dealkylation sites (N-methyl/N-ethyl adjacent to an activating group) is 1. The first kappa shape index (κ1) is 16.1. The van der Waals surface area contributed by atoms with Gasteiger partial charge in [0.1, 0.15) is 5.82 Å². The van der Waals surface area contributed by atoms with E-state index in [2.05, 4.69) is 5.32 Å². The van der Waals surface area contributed by atoms with Gasteiger partial charge >= 0.3 is 11.8 Å². The Morgan fingerprint density at radius 1 is 1.40 bits per heavy atom. The van der Waals surface area contributed by atoms with Gasteiger partial charge in [0.05, 0.1) is 6.10 Å². The Morgan fingerprint density at radius 2 is 2.05 bits per heavy atom. The molecule has 1 atom stereocenters. The van der Waals surface area contributed by atoms with Gasteiger partial charge in [0.2, 0.25) is 0 Å². The van der Waals surface area contributed by atoms with Crippen molar-refractivity contribution in [2.75, 3.05) is 18.9 Å². The van der Waals surface area contributed by atoms with Crippen LogP contribution in [0.15, 0.2) is 18.2 Å². The molecule has 0 aromatic heterocycles. The number of amides is 2. The third kappa shape index (κ3) is 4.97. The molecule has 0 saturated heterocycles. The molecule has 0 aliphatic rings. The van der Waals surface area contributed by atoms with Gasteiger partial charge in [-0.1, -0.05) is 0 Å². The van der Waals surface area contributed by atoms with Gasteiger partial charge in [-0.25, -0.2) is 4.39 Å². The van der Waals surface area contributed by atoms with Gasteiger partial charge < -0.3 is 15.3 Å². The number of halogens is 1. The minimum absolute atomic E-state index is 0.241. The number of nitrogens with one attached hydrogen (secondary N) is 1. The summed E-state index contributed by atoms with van der Waals surface area (Å²) in [5.41, 5.74) is 0.889. The lowest BCUT2D eigenvalue weighted by Crippen LogP contribution is -2.38. The average molecular weight is 282 g/mol. The highest BCUT2D eigenvalue weighted by Gasteiger charge is 2.19. The summed E-state index contributed by atoms with van der Waals surface area (Å²) in [6.45, 7) is 3.56. The Hall–Kier alpha value is -1.95. The molecule has 0 fully saturated rings. The van der Waals surface area contributed by atoms with Crippen LogP contribution < -0.4 is 5.32 Å². The fourth-order valence-electron chi connectivity index (χ4n) is 1.65. The molecule has 2 amide bonds. The van der Waals surface area contributed by atoms with E-state index in [1.54, 1.807) is 19.9 Å². The van der Waals surface area contributed by atoms with Crippen LogP contribution >= 0.6 is 0 Å². The lowest BCUT2D eigenvalue weighted by atomic mass is 10.2. The van der Waals surface area contributed by atoms with E-state index in [9.17, 15) is 14.0 Å². The first-order valence-electron chi connectivity index (χ1n) is 6.31. The zero-order chi connectivity index (χ0) is 15.3. The number of carbonyl (C=O) groups excluding carboxylic acids is 2. The van der Waals surface area contributed by atoms with E-state index in [0.717, 1.165) is 6.07 Å². The summed E-state index contributed by atoms with van der Waals surface area (Å²) in [7, 11) is 1.47. The zero-order valence-corrected chi connectivity index (χ0v) is 11.8. The molecule has 5 nitrogen and oxygen atoms in total. The third-order valence-electron chi connectivity index (χ3n) is 2.72. The SMILES string of the molecule is Cc1cc(F)cc(NC(=O)C(=O)N(C)CCC(C)O)c1. The number of hydrogen-bond acceptors (Lipinski definition) is 3. The molecule has 1 aromatic rings. The number of carbonyl (C=O) groups is 2. The molecule has 0 radical (unpaired) electrons. The van der Waals surface area contributed by atoms with Gasteiger partial charge in [0.15, 0.2) is 0 Å². The summed E-state index contributed by atoms with van der Waals surface area (Å²) in [5.74, 6) is -2.04. The maximum Gasteiger partial charge on any atom is 0.313 e. The zero-order valence-electron chi connectivity index (χ0n) is 11.8. The van der Waals surface area contributed by atoms with E-state index in [4.69, 9.17) is 5.11 Å². The van der Waals surface area contributed by atoms with Gasteiger partial charge in [-0.3, -0.25) is 9.59 Å². The van der Waals surface area contributed by atoms with E-state index in [0.29, 0.717) is 12.0 Å². The van der Waals surface area contributed by atoms with Crippen molar-refractivity contribution in [1.82, 2.24) is 4.90 Å². The molecule has 0 spiro atoms. The second kappa shape index (κ2) is 7.00. The Labute approximate surface area is 117 Å². The number of nitrogens with zero attached hydrogens (tertiary/aromatic N) is 1. The second-order valence-corrected chi connectivity index (χ2v) is 4.84. The Kier molecular flexibility index (Phi) is 5.64. The lowest BCUT2D eigenvalue weighted by Gasteiger charge is -2.17. The van der Waals surface area contributed by atoms with E-state index in [1.165, 1.54) is 18.0 Å². The van der Waals surface area contributed by atoms with Gasteiger partial charge in [0.25, 0.3) is 0 Å². The van der Waals surface area contributed by atoms with Crippen molar-refractivity contribution in [3.8, 4) is 0 Å². The monoisotopic (exact) mass is 282 g/mol. The van der Waals surface area contributed by atoms with Crippen molar-refractivity contribution < 1.29 is 19.1 Å². The first-order valence-corrected chi connectivity index (χ1v) is 6.31. The standard InChI is InChI=1S/C14H19FN2O3/c1-9-6-11(15)8-12(7-9)16-13(19)14(20)17(3)5-4-10(2)18/h6-8,10,18H,4-5H2,1-3H3,(H,16,19). The van der Waals surface area contributed by atoms with E-state index < -0.39 is 23.7 Å². The first-order chi connectivity index (χ1) is 9.29. The molecule has 0 bridgehead atoms. The average Bonchev–Trinajstić information content (AvgIpc) is 2.33. The number of anilines is 1. The molecule has 1 aromatic carbocycles. The summed E-state index contributed by atoms with van der Waals surface area (Å²) in [4.78, 5) is 24.7. The molecule has 0 heterocycles. The largest absolute Gasteiger partial charge is 0.393 e. The van der Waals surface area contributed by atoms with E-state index in [1.807, 2.05) is 0 Å². The van der Waals surface area contributed by atoms with Crippen LogP contribution in [0.2, 0.25) is 0 Å². The fraction of sp³-hybridized carbons (Fsp3) is 0.429. The number of hydrogen-bond donors (Lipinski definition) is 2. The molecule has 110 valence electrons. The Morgan fingerprint density at radius 3 is 2.60 bits per heavy atom. The molecule has 2 N–H and O–H groups in total. The van der Waals surface area contributed by atoms with Crippen molar-refractivity contribution in [3.05, 3.63) is 29.6 Å². The lowest BCUT2D eigenvalue weighted by molar-refractivity contribution is -0.142. The highest BCUT2D eigenvalue weighted by atomic mass is 19.1. The molecule has 0 aliphatic carbocycles. The number of benzene rings is 1. The van der Waals surface area contributed by atoms with Crippen LogP contribution in [0.4, 0.5) is 10.1 Å². The normalized spacial score (nSPS) is 11.8. The van der Waals surface area contributed by atoms with Crippen LogP contribution in [0.25, 0.3) is 0 Å². The second-order valence-electron chi connectivity index (χ2n) is 4.84. The molecular formula is C14H19FN2O3. The fourth-order valence-corrected chi connectivity index (χ4v) is 1.65. The van der Waals surface area contributed by atoms with Gasteiger partial charge in [-0.15, -0.1) is 0 Å². The number of aryl methyl sites for hydroxylation is 1. The molecular weight excluding hydrogens is 263 g/mol. The van der Waals surface area contributed by atoms with Gasteiger partial charge in [-0.05, 0) is 44.0 Å². The molecule has 6 heteroatoms. The Balaban J connectivity index is 2.63. The Bertz CT molecular complexity index is 483. The molecule has 0 aliphatic heterocycles. The molecule has 1 rings (SSSR count). The minimum Gasteiger partial charge on any atom is -0.393 e.